The van der Waals surface area contributed by atoms with Crippen LogP contribution in [0.1, 0.15) is 27.9 Å². The summed E-state index contributed by atoms with van der Waals surface area (Å²) in [4.78, 5) is 33.0. The third-order valence-corrected chi connectivity index (χ3v) is 7.00. The summed E-state index contributed by atoms with van der Waals surface area (Å²) in [5.41, 5.74) is 2.96. The van der Waals surface area contributed by atoms with Crippen molar-refractivity contribution in [2.75, 3.05) is 44.3 Å². The molecular formula is C23H26Cl2N4O4S. The van der Waals surface area contributed by atoms with E-state index in [1.807, 2.05) is 13.8 Å². The monoisotopic (exact) mass is 524 g/mol. The SMILES string of the molecule is Cc1cc(C)c2nc(N(CCCN3CCOCC3)C(=O)c3cc([N+](=O)[O-])ccc3Cl)sc2c1.Cl. The number of hydrogen-bond acceptors (Lipinski definition) is 7. The van der Waals surface area contributed by atoms with Crippen molar-refractivity contribution in [1.29, 1.82) is 0 Å². The lowest BCUT2D eigenvalue weighted by atomic mass is 10.1. The Bertz CT molecular complexity index is 1200. The molecule has 2 aromatic carbocycles. The Kier molecular flexibility index (Phi) is 8.83. The van der Waals surface area contributed by atoms with E-state index in [0.29, 0.717) is 24.9 Å². The molecule has 1 amide bonds. The van der Waals surface area contributed by atoms with Crippen LogP contribution < -0.4 is 4.90 Å². The molecule has 0 unspecified atom stereocenters. The van der Waals surface area contributed by atoms with Crippen LogP contribution in [-0.2, 0) is 4.74 Å². The fourth-order valence-electron chi connectivity index (χ4n) is 3.97. The van der Waals surface area contributed by atoms with Crippen LogP contribution >= 0.6 is 35.3 Å². The van der Waals surface area contributed by atoms with Gasteiger partial charge in [-0.25, -0.2) is 4.98 Å². The molecule has 0 radical (unpaired) electrons. The highest BCUT2D eigenvalue weighted by atomic mass is 35.5. The Morgan fingerprint density at radius 3 is 2.71 bits per heavy atom. The molecule has 34 heavy (non-hydrogen) atoms. The number of fused-ring (bicyclic) bond motifs is 1. The lowest BCUT2D eigenvalue weighted by molar-refractivity contribution is -0.384. The summed E-state index contributed by atoms with van der Waals surface area (Å²) in [6.45, 7) is 8.42. The third-order valence-electron chi connectivity index (χ3n) is 5.65. The van der Waals surface area contributed by atoms with Crippen molar-refractivity contribution in [3.8, 4) is 0 Å². The molecule has 0 aliphatic carbocycles. The number of carbonyl (C=O) groups excluding carboxylic acids is 1. The third kappa shape index (κ3) is 5.84. The summed E-state index contributed by atoms with van der Waals surface area (Å²) < 4.78 is 6.41. The lowest BCUT2D eigenvalue weighted by Crippen LogP contribution is -2.39. The van der Waals surface area contributed by atoms with Gasteiger partial charge in [0.25, 0.3) is 11.6 Å². The highest BCUT2D eigenvalue weighted by Crippen LogP contribution is 2.33. The van der Waals surface area contributed by atoms with Gasteiger partial charge in [-0.15, -0.1) is 12.4 Å². The lowest BCUT2D eigenvalue weighted by Gasteiger charge is -2.27. The van der Waals surface area contributed by atoms with Gasteiger partial charge >= 0.3 is 0 Å². The first-order chi connectivity index (χ1) is 15.8. The van der Waals surface area contributed by atoms with E-state index in [1.165, 1.54) is 29.5 Å². The summed E-state index contributed by atoms with van der Waals surface area (Å²) in [6, 6.07) is 8.05. The average Bonchev–Trinajstić information content (AvgIpc) is 3.21. The van der Waals surface area contributed by atoms with Crippen molar-refractivity contribution in [2.45, 2.75) is 20.3 Å². The number of nitrogens with zero attached hydrogens (tertiary/aromatic N) is 4. The van der Waals surface area contributed by atoms with Crippen LogP contribution in [0.3, 0.4) is 0 Å². The van der Waals surface area contributed by atoms with Gasteiger partial charge < -0.3 is 4.74 Å². The molecule has 11 heteroatoms. The Morgan fingerprint density at radius 1 is 1.26 bits per heavy atom. The van der Waals surface area contributed by atoms with Crippen LogP contribution in [0.4, 0.5) is 10.8 Å². The fourth-order valence-corrected chi connectivity index (χ4v) is 5.34. The van der Waals surface area contributed by atoms with Crippen LogP contribution in [0.15, 0.2) is 30.3 Å². The first-order valence-electron chi connectivity index (χ1n) is 10.8. The fraction of sp³-hybridized carbons (Fsp3) is 0.391. The topological polar surface area (TPSA) is 88.8 Å². The molecule has 0 bridgehead atoms. The predicted molar refractivity (Wildman–Crippen MR) is 138 cm³/mol. The van der Waals surface area contributed by atoms with Crippen molar-refractivity contribution in [3.05, 3.63) is 62.2 Å². The molecule has 4 rings (SSSR count). The summed E-state index contributed by atoms with van der Waals surface area (Å²) in [5, 5.41) is 12.0. The first-order valence-corrected chi connectivity index (χ1v) is 12.0. The number of morpholine rings is 1. The van der Waals surface area contributed by atoms with E-state index < -0.39 is 4.92 Å². The van der Waals surface area contributed by atoms with E-state index in [2.05, 4.69) is 17.0 Å². The van der Waals surface area contributed by atoms with E-state index in [1.54, 1.807) is 4.90 Å². The Balaban J connectivity index is 0.00000324. The molecule has 0 atom stereocenters. The van der Waals surface area contributed by atoms with Gasteiger partial charge in [-0.2, -0.15) is 0 Å². The minimum absolute atomic E-state index is 0. The van der Waals surface area contributed by atoms with Gasteiger partial charge in [0.2, 0.25) is 0 Å². The number of benzene rings is 2. The van der Waals surface area contributed by atoms with Gasteiger partial charge in [0.1, 0.15) is 0 Å². The van der Waals surface area contributed by atoms with Crippen molar-refractivity contribution < 1.29 is 14.5 Å². The maximum absolute atomic E-state index is 13.6. The second-order valence-electron chi connectivity index (χ2n) is 8.11. The summed E-state index contributed by atoms with van der Waals surface area (Å²) >= 11 is 7.74. The molecular weight excluding hydrogens is 499 g/mol. The number of ether oxygens (including phenoxy) is 1. The van der Waals surface area contributed by atoms with Crippen LogP contribution in [0.5, 0.6) is 0 Å². The van der Waals surface area contributed by atoms with Crippen LogP contribution in [0.25, 0.3) is 10.2 Å². The Morgan fingerprint density at radius 2 is 2.00 bits per heavy atom. The zero-order valence-corrected chi connectivity index (χ0v) is 21.3. The number of nitro groups is 1. The van der Waals surface area contributed by atoms with Gasteiger partial charge in [-0.1, -0.05) is 29.0 Å². The van der Waals surface area contributed by atoms with Gasteiger partial charge in [-0.05, 0) is 43.5 Å². The molecule has 2 heterocycles. The van der Waals surface area contributed by atoms with Crippen LogP contribution in [-0.4, -0.2) is 60.1 Å². The number of aromatic nitrogens is 1. The number of rotatable bonds is 7. The number of thiazole rings is 1. The number of anilines is 1. The summed E-state index contributed by atoms with van der Waals surface area (Å²) in [7, 11) is 0. The quantitative estimate of drug-likeness (QED) is 0.309. The van der Waals surface area contributed by atoms with Crippen molar-refractivity contribution in [3.63, 3.8) is 0 Å². The molecule has 1 aliphatic heterocycles. The standard InChI is InChI=1S/C23H25ClN4O4S.ClH/c1-15-12-16(2)21-20(13-15)33-23(25-21)27(7-3-6-26-8-10-32-11-9-26)22(29)18-14-17(28(30)31)4-5-19(18)24;/h4-5,12-14H,3,6-11H2,1-2H3;1H. The summed E-state index contributed by atoms with van der Waals surface area (Å²) in [6.07, 6.45) is 0.728. The van der Waals surface area contributed by atoms with E-state index in [4.69, 9.17) is 21.3 Å². The molecule has 1 aliphatic rings. The maximum Gasteiger partial charge on any atom is 0.270 e. The molecule has 3 aromatic rings. The maximum atomic E-state index is 13.6. The molecule has 182 valence electrons. The largest absolute Gasteiger partial charge is 0.379 e. The molecule has 0 N–H and O–H groups in total. The number of hydrogen-bond donors (Lipinski definition) is 0. The van der Waals surface area contributed by atoms with Gasteiger partial charge in [-0.3, -0.25) is 24.7 Å². The molecule has 0 saturated carbocycles. The van der Waals surface area contributed by atoms with Gasteiger partial charge in [0.15, 0.2) is 5.13 Å². The highest BCUT2D eigenvalue weighted by Gasteiger charge is 2.25. The zero-order chi connectivity index (χ0) is 23.5. The normalized spacial score (nSPS) is 14.1. The minimum Gasteiger partial charge on any atom is -0.379 e. The van der Waals surface area contributed by atoms with Crippen LogP contribution in [0, 0.1) is 24.0 Å². The molecule has 1 aromatic heterocycles. The smallest absolute Gasteiger partial charge is 0.270 e. The number of non-ortho nitro benzene ring substituents is 1. The number of halogens is 2. The second-order valence-corrected chi connectivity index (χ2v) is 9.53. The number of aryl methyl sites for hydroxylation is 2. The molecule has 8 nitrogen and oxygen atoms in total. The van der Waals surface area contributed by atoms with Gasteiger partial charge in [0.05, 0.1) is 38.9 Å². The van der Waals surface area contributed by atoms with E-state index in [-0.39, 0.29) is 34.6 Å². The first kappa shape index (κ1) is 26.3. The zero-order valence-electron chi connectivity index (χ0n) is 19.0. The highest BCUT2D eigenvalue weighted by molar-refractivity contribution is 7.22. The Hall–Kier alpha value is -2.30. The molecule has 0 spiro atoms. The Labute approximate surface area is 213 Å². The average molecular weight is 525 g/mol. The minimum atomic E-state index is -0.528. The molecule has 1 fully saturated rings. The number of carbonyl (C=O) groups is 1. The van der Waals surface area contributed by atoms with E-state index >= 15 is 0 Å². The summed E-state index contributed by atoms with van der Waals surface area (Å²) in [5.74, 6) is -0.390. The second kappa shape index (κ2) is 11.4. The van der Waals surface area contributed by atoms with Crippen molar-refractivity contribution >= 4 is 62.3 Å². The molecule has 1 saturated heterocycles. The predicted octanol–water partition coefficient (Wildman–Crippen LogP) is 5.27. The van der Waals surface area contributed by atoms with Crippen LogP contribution in [0.2, 0.25) is 5.02 Å². The number of nitro benzene ring substituents is 1. The van der Waals surface area contributed by atoms with E-state index in [9.17, 15) is 14.9 Å². The van der Waals surface area contributed by atoms with E-state index in [0.717, 1.165) is 47.4 Å². The van der Waals surface area contributed by atoms with Crippen molar-refractivity contribution in [1.82, 2.24) is 9.88 Å². The van der Waals surface area contributed by atoms with Gasteiger partial charge in [0, 0.05) is 38.3 Å². The number of amides is 1. The van der Waals surface area contributed by atoms with Crippen molar-refractivity contribution in [2.24, 2.45) is 0 Å².